The van der Waals surface area contributed by atoms with Crippen LogP contribution in [0.25, 0.3) is 10.2 Å². The van der Waals surface area contributed by atoms with Gasteiger partial charge in [0, 0.05) is 31.5 Å². The van der Waals surface area contributed by atoms with Gasteiger partial charge >= 0.3 is 6.03 Å². The Labute approximate surface area is 143 Å². The van der Waals surface area contributed by atoms with Gasteiger partial charge in [0.2, 0.25) is 0 Å². The van der Waals surface area contributed by atoms with Gasteiger partial charge in [0.25, 0.3) is 0 Å². The van der Waals surface area contributed by atoms with Gasteiger partial charge in [-0.25, -0.2) is 9.78 Å². The van der Waals surface area contributed by atoms with Crippen LogP contribution in [-0.2, 0) is 18.4 Å². The average molecular weight is 345 g/mol. The van der Waals surface area contributed by atoms with E-state index in [4.69, 9.17) is 4.74 Å². The van der Waals surface area contributed by atoms with Crippen molar-refractivity contribution in [3.63, 3.8) is 0 Å². The largest absolute Gasteiger partial charge is 0.380 e. The van der Waals surface area contributed by atoms with Crippen molar-refractivity contribution in [3.8, 4) is 0 Å². The van der Waals surface area contributed by atoms with E-state index in [1.165, 1.54) is 11.3 Å². The van der Waals surface area contributed by atoms with Crippen molar-refractivity contribution >= 4 is 32.7 Å². The number of carbonyl (C=O) groups excluding carboxylic acids is 1. The molecule has 0 radical (unpaired) electrons. The summed E-state index contributed by atoms with van der Waals surface area (Å²) in [6, 6.07) is 5.48. The number of ether oxygens (including phenoxy) is 1. The van der Waals surface area contributed by atoms with E-state index in [9.17, 15) is 4.79 Å². The lowest BCUT2D eigenvalue weighted by molar-refractivity contribution is 0.186. The summed E-state index contributed by atoms with van der Waals surface area (Å²) in [5.74, 6) is 0. The summed E-state index contributed by atoms with van der Waals surface area (Å²) in [5, 5.41) is 10.3. The molecule has 0 saturated carbocycles. The predicted molar refractivity (Wildman–Crippen MR) is 94.1 cm³/mol. The van der Waals surface area contributed by atoms with Gasteiger partial charge in [-0.15, -0.1) is 0 Å². The highest BCUT2D eigenvalue weighted by Crippen LogP contribution is 2.28. The number of methoxy groups -OCH3 is 1. The number of rotatable bonds is 5. The summed E-state index contributed by atoms with van der Waals surface area (Å²) in [7, 11) is 3.49. The lowest BCUT2D eigenvalue weighted by Crippen LogP contribution is -2.30. The summed E-state index contributed by atoms with van der Waals surface area (Å²) >= 11 is 1.44. The number of aromatic nitrogens is 3. The Bertz CT molecular complexity index is 857. The van der Waals surface area contributed by atoms with E-state index in [0.717, 1.165) is 21.3 Å². The van der Waals surface area contributed by atoms with E-state index >= 15 is 0 Å². The highest BCUT2D eigenvalue weighted by Gasteiger charge is 2.14. The number of fused-ring (bicyclic) bond motifs is 1. The predicted octanol–water partition coefficient (Wildman–Crippen LogP) is 3.06. The van der Waals surface area contributed by atoms with Crippen LogP contribution in [0.2, 0.25) is 0 Å². The monoisotopic (exact) mass is 345 g/mol. The molecule has 3 aromatic rings. The molecule has 2 heterocycles. The van der Waals surface area contributed by atoms with Crippen LogP contribution in [0.5, 0.6) is 0 Å². The third-order valence-corrected chi connectivity index (χ3v) is 4.53. The van der Waals surface area contributed by atoms with Crippen LogP contribution in [-0.4, -0.2) is 27.9 Å². The van der Waals surface area contributed by atoms with E-state index in [2.05, 4.69) is 20.7 Å². The topological polar surface area (TPSA) is 81.1 Å². The first kappa shape index (κ1) is 16.4. The summed E-state index contributed by atoms with van der Waals surface area (Å²) in [6.07, 6.45) is 3.61. The van der Waals surface area contributed by atoms with Crippen molar-refractivity contribution in [3.05, 3.63) is 41.7 Å². The maximum Gasteiger partial charge on any atom is 0.321 e. The fourth-order valence-corrected chi connectivity index (χ4v) is 3.32. The van der Waals surface area contributed by atoms with Gasteiger partial charge in [0.1, 0.15) is 0 Å². The van der Waals surface area contributed by atoms with Crippen LogP contribution < -0.4 is 10.6 Å². The van der Waals surface area contributed by atoms with Crippen LogP contribution in [0, 0.1) is 0 Å². The molecular formula is C16H19N5O2S. The zero-order valence-corrected chi connectivity index (χ0v) is 14.6. The number of hydrogen-bond acceptors (Lipinski definition) is 5. The molecule has 2 N–H and O–H groups in total. The van der Waals surface area contributed by atoms with Gasteiger partial charge in [-0.2, -0.15) is 5.10 Å². The molecule has 1 aromatic carbocycles. The van der Waals surface area contributed by atoms with Crippen LogP contribution in [0.1, 0.15) is 24.1 Å². The Hall–Kier alpha value is -2.45. The summed E-state index contributed by atoms with van der Waals surface area (Å²) < 4.78 is 7.91. The molecule has 0 aliphatic heterocycles. The molecule has 7 nitrogen and oxygen atoms in total. The minimum Gasteiger partial charge on any atom is -0.380 e. The number of aryl methyl sites for hydroxylation is 1. The van der Waals surface area contributed by atoms with Crippen molar-refractivity contribution in [1.82, 2.24) is 20.1 Å². The molecule has 0 aliphatic rings. The van der Waals surface area contributed by atoms with E-state index in [-0.39, 0.29) is 12.1 Å². The summed E-state index contributed by atoms with van der Waals surface area (Å²) in [4.78, 5) is 16.7. The fourth-order valence-electron chi connectivity index (χ4n) is 2.41. The Morgan fingerprint density at radius 2 is 2.29 bits per heavy atom. The van der Waals surface area contributed by atoms with Crippen LogP contribution >= 0.6 is 11.3 Å². The second kappa shape index (κ2) is 6.98. The molecule has 126 valence electrons. The summed E-state index contributed by atoms with van der Waals surface area (Å²) in [5.41, 5.74) is 2.81. The van der Waals surface area contributed by atoms with E-state index in [1.54, 1.807) is 18.0 Å². The Kier molecular flexibility index (Phi) is 4.77. The molecular weight excluding hydrogens is 326 g/mol. The molecule has 0 aliphatic carbocycles. The van der Waals surface area contributed by atoms with Crippen molar-refractivity contribution in [1.29, 1.82) is 0 Å². The normalized spacial score (nSPS) is 12.3. The highest BCUT2D eigenvalue weighted by atomic mass is 32.1. The first-order valence-corrected chi connectivity index (χ1v) is 8.32. The molecule has 2 amide bonds. The summed E-state index contributed by atoms with van der Waals surface area (Å²) in [6.45, 7) is 2.40. The quantitative estimate of drug-likeness (QED) is 0.745. The van der Waals surface area contributed by atoms with E-state index in [0.29, 0.717) is 11.7 Å². The SMILES string of the molecule is COCc1cccc2sc(NC(=O)N[C@@H](C)c3cnn(C)c3)nc12. The van der Waals surface area contributed by atoms with Crippen LogP contribution in [0.4, 0.5) is 9.93 Å². The zero-order chi connectivity index (χ0) is 17.1. The van der Waals surface area contributed by atoms with Gasteiger partial charge in [-0.05, 0) is 13.0 Å². The number of benzene rings is 1. The molecule has 1 atom stereocenters. The third kappa shape index (κ3) is 3.55. The van der Waals surface area contributed by atoms with E-state index in [1.807, 2.05) is 38.4 Å². The molecule has 0 spiro atoms. The molecule has 0 bridgehead atoms. The molecule has 0 saturated heterocycles. The standard InChI is InChI=1S/C16H19N5O2S/c1-10(12-7-17-21(2)8-12)18-15(22)20-16-19-14-11(9-23-3)5-4-6-13(14)24-16/h4-8,10H,9H2,1-3H3,(H2,18,19,20,22)/t10-/m0/s1. The van der Waals surface area contributed by atoms with Gasteiger partial charge in [0.05, 0.1) is 29.1 Å². The number of carbonyl (C=O) groups is 1. The lowest BCUT2D eigenvalue weighted by atomic mass is 10.2. The van der Waals surface area contributed by atoms with Gasteiger partial charge < -0.3 is 10.1 Å². The molecule has 3 rings (SSSR count). The first-order valence-electron chi connectivity index (χ1n) is 7.50. The van der Waals surface area contributed by atoms with Crippen LogP contribution in [0.3, 0.4) is 0 Å². The smallest absolute Gasteiger partial charge is 0.321 e. The van der Waals surface area contributed by atoms with Gasteiger partial charge in [-0.3, -0.25) is 10.00 Å². The van der Waals surface area contributed by atoms with Gasteiger partial charge in [-0.1, -0.05) is 23.5 Å². The second-order valence-electron chi connectivity index (χ2n) is 5.48. The molecule has 2 aromatic heterocycles. The number of anilines is 1. The fraction of sp³-hybridized carbons (Fsp3) is 0.312. The molecule has 8 heteroatoms. The van der Waals surface area contributed by atoms with Crippen molar-refractivity contribution in [2.45, 2.75) is 19.6 Å². The Balaban J connectivity index is 1.70. The van der Waals surface area contributed by atoms with Crippen LogP contribution in [0.15, 0.2) is 30.6 Å². The third-order valence-electron chi connectivity index (χ3n) is 3.60. The maximum absolute atomic E-state index is 12.2. The van der Waals surface area contributed by atoms with Crippen molar-refractivity contribution < 1.29 is 9.53 Å². The highest BCUT2D eigenvalue weighted by molar-refractivity contribution is 7.22. The number of para-hydroxylation sites is 1. The lowest BCUT2D eigenvalue weighted by Gasteiger charge is -2.11. The van der Waals surface area contributed by atoms with E-state index < -0.39 is 0 Å². The minimum absolute atomic E-state index is 0.142. The number of nitrogens with zero attached hydrogens (tertiary/aromatic N) is 3. The number of hydrogen-bond donors (Lipinski definition) is 2. The maximum atomic E-state index is 12.2. The molecule has 0 fully saturated rings. The first-order chi connectivity index (χ1) is 11.6. The van der Waals surface area contributed by atoms with Crippen molar-refractivity contribution in [2.24, 2.45) is 7.05 Å². The second-order valence-corrected chi connectivity index (χ2v) is 6.51. The number of urea groups is 1. The molecule has 0 unspecified atom stereocenters. The molecule has 24 heavy (non-hydrogen) atoms. The van der Waals surface area contributed by atoms with Crippen molar-refractivity contribution in [2.75, 3.05) is 12.4 Å². The number of amides is 2. The average Bonchev–Trinajstić information content (AvgIpc) is 3.13. The number of nitrogens with one attached hydrogen (secondary N) is 2. The zero-order valence-electron chi connectivity index (χ0n) is 13.7. The Morgan fingerprint density at radius 1 is 1.46 bits per heavy atom. The van der Waals surface area contributed by atoms with Gasteiger partial charge in [0.15, 0.2) is 5.13 Å². The number of thiazole rings is 1. The Morgan fingerprint density at radius 3 is 3.00 bits per heavy atom. The minimum atomic E-state index is -0.293.